The first-order chi connectivity index (χ1) is 18.6. The van der Waals surface area contributed by atoms with Crippen LogP contribution in [-0.4, -0.2) is 89.1 Å². The van der Waals surface area contributed by atoms with Gasteiger partial charge in [0.2, 0.25) is 15.9 Å². The van der Waals surface area contributed by atoms with Gasteiger partial charge in [0.1, 0.15) is 11.5 Å². The van der Waals surface area contributed by atoms with Crippen LogP contribution in [0.15, 0.2) is 35.2 Å². The number of methoxy groups -OCH3 is 1. The summed E-state index contributed by atoms with van der Waals surface area (Å²) in [6, 6.07) is 9.67. The number of Topliss-reactive ketones (excluding diaryl/α,β-unsaturated/α-hetero) is 1. The highest BCUT2D eigenvalue weighted by molar-refractivity contribution is 7.89. The van der Waals surface area contributed by atoms with Gasteiger partial charge in [0.05, 0.1) is 18.6 Å². The molecule has 9 nitrogen and oxygen atoms in total. The molecule has 0 aliphatic heterocycles. The van der Waals surface area contributed by atoms with Gasteiger partial charge in [-0.05, 0) is 81.7 Å². The quantitative estimate of drug-likeness (QED) is 0.381. The normalized spacial score (nSPS) is 11.2. The van der Waals surface area contributed by atoms with E-state index in [1.54, 1.807) is 37.8 Å². The lowest BCUT2D eigenvalue weighted by molar-refractivity contribution is -0.128. The third kappa shape index (κ3) is 10.9. The van der Waals surface area contributed by atoms with Crippen LogP contribution in [0, 0.1) is 20.8 Å². The number of nitrogens with zero attached hydrogens (tertiary/aromatic N) is 3. The van der Waals surface area contributed by atoms with E-state index in [4.69, 9.17) is 4.74 Å². The lowest BCUT2D eigenvalue weighted by atomic mass is 10.1. The molecule has 10 heteroatoms. The SMILES string of the molecule is CC(=O)N(C)Cc1ccc(NCCN(C)C)c(C)c1.CCCC(=O)CN(C)S(=O)(=O)c1c(C)cc(OC)cc1C. The third-order valence-electron chi connectivity index (χ3n) is 6.39. The Morgan fingerprint density at radius 3 is 2.02 bits per heavy atom. The molecule has 0 atom stereocenters. The van der Waals surface area contributed by atoms with Gasteiger partial charge < -0.3 is 19.9 Å². The third-order valence-corrected chi connectivity index (χ3v) is 8.50. The standard InChI is InChI=1S/C15H25N3O.C15H23NO4S/c1-12-10-14(11-18(5)13(2)19)6-7-15(12)16-8-9-17(3)4;1-6-7-13(17)10-16(4)21(18,19)15-11(2)8-14(20-5)9-12(15)3/h6-7,10,16H,8-9,11H2,1-5H3;8-9H,6-7,10H2,1-5H3. The van der Waals surface area contributed by atoms with E-state index in [-0.39, 0.29) is 23.1 Å². The summed E-state index contributed by atoms with van der Waals surface area (Å²) < 4.78 is 31.5. The number of rotatable bonds is 13. The maximum atomic E-state index is 12.6. The summed E-state index contributed by atoms with van der Waals surface area (Å²) in [5.41, 5.74) is 4.76. The van der Waals surface area contributed by atoms with Crippen molar-refractivity contribution in [2.45, 2.75) is 58.9 Å². The van der Waals surface area contributed by atoms with Gasteiger partial charge in [-0.1, -0.05) is 19.1 Å². The second-order valence-corrected chi connectivity index (χ2v) is 12.4. The molecule has 0 saturated heterocycles. The number of nitrogens with one attached hydrogen (secondary N) is 1. The monoisotopic (exact) mass is 576 g/mol. The molecule has 0 saturated carbocycles. The van der Waals surface area contributed by atoms with E-state index in [9.17, 15) is 18.0 Å². The Labute approximate surface area is 241 Å². The minimum absolute atomic E-state index is 0.0765. The number of ether oxygens (including phenoxy) is 1. The number of ketones is 1. The van der Waals surface area contributed by atoms with E-state index >= 15 is 0 Å². The number of hydrogen-bond donors (Lipinski definition) is 1. The maximum Gasteiger partial charge on any atom is 0.243 e. The van der Waals surface area contributed by atoms with Crippen molar-refractivity contribution in [2.75, 3.05) is 60.3 Å². The lowest BCUT2D eigenvalue weighted by Gasteiger charge is -2.20. The smallest absolute Gasteiger partial charge is 0.243 e. The van der Waals surface area contributed by atoms with E-state index in [1.165, 1.54) is 19.7 Å². The molecule has 0 bridgehead atoms. The Hall–Kier alpha value is -2.95. The van der Waals surface area contributed by atoms with Crippen molar-refractivity contribution in [1.82, 2.24) is 14.1 Å². The van der Waals surface area contributed by atoms with Crippen LogP contribution in [0.25, 0.3) is 0 Å². The van der Waals surface area contributed by atoms with E-state index in [0.717, 1.165) is 28.6 Å². The molecule has 224 valence electrons. The van der Waals surface area contributed by atoms with Crippen molar-refractivity contribution in [3.8, 4) is 5.75 Å². The van der Waals surface area contributed by atoms with Crippen LogP contribution in [-0.2, 0) is 26.2 Å². The zero-order valence-electron chi connectivity index (χ0n) is 25.9. The van der Waals surface area contributed by atoms with Gasteiger partial charge in [0.15, 0.2) is 0 Å². The number of hydrogen-bond acceptors (Lipinski definition) is 7. The Bertz CT molecular complexity index is 1220. The Kier molecular flexibility index (Phi) is 14.3. The molecule has 0 radical (unpaired) electrons. The molecule has 0 heterocycles. The van der Waals surface area contributed by atoms with Gasteiger partial charge in [-0.25, -0.2) is 8.42 Å². The number of carbonyl (C=O) groups excluding carboxylic acids is 2. The van der Waals surface area contributed by atoms with Gasteiger partial charge >= 0.3 is 0 Å². The summed E-state index contributed by atoms with van der Waals surface area (Å²) in [7, 11) is 5.24. The average Bonchev–Trinajstić information content (AvgIpc) is 2.84. The topological polar surface area (TPSA) is 99.3 Å². The molecule has 40 heavy (non-hydrogen) atoms. The van der Waals surface area contributed by atoms with Crippen LogP contribution in [0.3, 0.4) is 0 Å². The van der Waals surface area contributed by atoms with Crippen molar-refractivity contribution in [3.05, 3.63) is 52.6 Å². The zero-order chi connectivity index (χ0) is 30.6. The molecule has 2 aromatic carbocycles. The van der Waals surface area contributed by atoms with Crippen LogP contribution in [0.2, 0.25) is 0 Å². The van der Waals surface area contributed by atoms with Crippen molar-refractivity contribution < 1.29 is 22.7 Å². The summed E-state index contributed by atoms with van der Waals surface area (Å²) in [6.45, 7) is 11.5. The molecule has 2 rings (SSSR count). The maximum absolute atomic E-state index is 12.6. The molecule has 2 aromatic rings. The number of benzene rings is 2. The highest BCUT2D eigenvalue weighted by Crippen LogP contribution is 2.27. The molecule has 1 N–H and O–H groups in total. The van der Waals surface area contributed by atoms with Gasteiger partial charge in [0.25, 0.3) is 0 Å². The number of aryl methyl sites for hydroxylation is 3. The number of anilines is 1. The minimum Gasteiger partial charge on any atom is -0.497 e. The number of sulfonamides is 1. The summed E-state index contributed by atoms with van der Waals surface area (Å²) in [6.07, 6.45) is 1.10. The van der Waals surface area contributed by atoms with Crippen LogP contribution in [0.4, 0.5) is 5.69 Å². The average molecular weight is 577 g/mol. The van der Waals surface area contributed by atoms with Crippen molar-refractivity contribution >= 4 is 27.4 Å². The molecule has 0 fully saturated rings. The van der Waals surface area contributed by atoms with Crippen LogP contribution < -0.4 is 10.1 Å². The second-order valence-electron chi connectivity index (χ2n) is 10.4. The van der Waals surface area contributed by atoms with E-state index < -0.39 is 10.0 Å². The van der Waals surface area contributed by atoms with E-state index in [2.05, 4.69) is 49.4 Å². The van der Waals surface area contributed by atoms with Crippen LogP contribution in [0.5, 0.6) is 5.75 Å². The van der Waals surface area contributed by atoms with Crippen molar-refractivity contribution in [3.63, 3.8) is 0 Å². The molecular weight excluding hydrogens is 528 g/mol. The first kappa shape index (κ1) is 35.1. The predicted octanol–water partition coefficient (Wildman–Crippen LogP) is 4.25. The molecular formula is C30H48N4O5S. The van der Waals surface area contributed by atoms with Crippen LogP contribution >= 0.6 is 0 Å². The zero-order valence-corrected chi connectivity index (χ0v) is 26.7. The molecule has 0 aromatic heterocycles. The predicted molar refractivity (Wildman–Crippen MR) is 163 cm³/mol. The molecule has 0 aliphatic carbocycles. The molecule has 1 amide bonds. The Balaban J connectivity index is 0.000000402. The number of amides is 1. The lowest BCUT2D eigenvalue weighted by Crippen LogP contribution is -2.33. The molecule has 0 spiro atoms. The summed E-state index contributed by atoms with van der Waals surface area (Å²) in [5.74, 6) is 0.631. The minimum atomic E-state index is -3.68. The fraction of sp³-hybridized carbons (Fsp3) is 0.533. The molecule has 0 aliphatic rings. The van der Waals surface area contributed by atoms with Gasteiger partial charge in [-0.15, -0.1) is 0 Å². The van der Waals surface area contributed by atoms with Gasteiger partial charge in [-0.2, -0.15) is 4.31 Å². The highest BCUT2D eigenvalue weighted by atomic mass is 32.2. The highest BCUT2D eigenvalue weighted by Gasteiger charge is 2.26. The van der Waals surface area contributed by atoms with Crippen molar-refractivity contribution in [1.29, 1.82) is 0 Å². The molecule has 0 unspecified atom stereocenters. The van der Waals surface area contributed by atoms with Gasteiger partial charge in [-0.3, -0.25) is 9.59 Å². The Morgan fingerprint density at radius 2 is 1.55 bits per heavy atom. The van der Waals surface area contributed by atoms with E-state index in [0.29, 0.717) is 36.3 Å². The first-order valence-electron chi connectivity index (χ1n) is 13.5. The number of likely N-dealkylation sites (N-methyl/N-ethyl adjacent to an activating group) is 2. The summed E-state index contributed by atoms with van der Waals surface area (Å²) in [4.78, 5) is 27.0. The summed E-state index contributed by atoms with van der Waals surface area (Å²) in [5, 5.41) is 3.43. The summed E-state index contributed by atoms with van der Waals surface area (Å²) >= 11 is 0. The Morgan fingerprint density at radius 1 is 0.950 bits per heavy atom. The fourth-order valence-corrected chi connectivity index (χ4v) is 5.66. The fourth-order valence-electron chi connectivity index (χ4n) is 4.10. The number of carbonyl (C=O) groups is 2. The first-order valence-corrected chi connectivity index (χ1v) is 14.9. The van der Waals surface area contributed by atoms with Gasteiger partial charge in [0, 0.05) is 52.8 Å². The largest absolute Gasteiger partial charge is 0.497 e. The van der Waals surface area contributed by atoms with E-state index in [1.807, 2.05) is 14.0 Å². The van der Waals surface area contributed by atoms with Crippen molar-refractivity contribution in [2.24, 2.45) is 0 Å². The second kappa shape index (κ2) is 16.3. The van der Waals surface area contributed by atoms with Crippen LogP contribution in [0.1, 0.15) is 48.9 Å².